The lowest BCUT2D eigenvalue weighted by Gasteiger charge is -2.25. The summed E-state index contributed by atoms with van der Waals surface area (Å²) in [5.41, 5.74) is 0.789. The van der Waals surface area contributed by atoms with Gasteiger partial charge in [0.25, 0.3) is 0 Å². The number of carbonyl (C=O) groups excluding carboxylic acids is 1. The summed E-state index contributed by atoms with van der Waals surface area (Å²) in [6.45, 7) is 9.17. The first kappa shape index (κ1) is 8.84. The van der Waals surface area contributed by atoms with Gasteiger partial charge < -0.3 is 9.47 Å². The first-order valence-electron chi connectivity index (χ1n) is 3.75. The van der Waals surface area contributed by atoms with Gasteiger partial charge in [-0.1, -0.05) is 13.2 Å². The molecule has 1 atom stereocenters. The quantitative estimate of drug-likeness (QED) is 0.438. The van der Waals surface area contributed by atoms with Crippen LogP contribution in [-0.2, 0) is 14.3 Å². The molecule has 0 aliphatic carbocycles. The molecule has 0 aromatic heterocycles. The summed E-state index contributed by atoms with van der Waals surface area (Å²) in [5, 5.41) is 0. The van der Waals surface area contributed by atoms with E-state index in [1.54, 1.807) is 0 Å². The SMILES string of the molecule is C=C1CC(OC(C)=O)C(=C)CO1. The summed E-state index contributed by atoms with van der Waals surface area (Å²) in [4.78, 5) is 10.6. The molecule has 66 valence electrons. The lowest BCUT2D eigenvalue weighted by Crippen LogP contribution is -2.26. The predicted octanol–water partition coefficient (Wildman–Crippen LogP) is 1.41. The van der Waals surface area contributed by atoms with Crippen LogP contribution in [0.1, 0.15) is 13.3 Å². The van der Waals surface area contributed by atoms with Crippen LogP contribution in [0.25, 0.3) is 0 Å². The smallest absolute Gasteiger partial charge is 0.303 e. The van der Waals surface area contributed by atoms with Crippen LogP contribution in [0.5, 0.6) is 0 Å². The average Bonchev–Trinajstić information content (AvgIpc) is 1.96. The molecule has 0 aromatic rings. The molecule has 0 radical (unpaired) electrons. The number of hydrogen-bond donors (Lipinski definition) is 0. The van der Waals surface area contributed by atoms with E-state index in [0.717, 1.165) is 5.57 Å². The van der Waals surface area contributed by atoms with E-state index in [0.29, 0.717) is 18.8 Å². The molecule has 0 amide bonds. The minimum Gasteiger partial charge on any atom is -0.494 e. The maximum atomic E-state index is 10.6. The summed E-state index contributed by atoms with van der Waals surface area (Å²) in [7, 11) is 0. The number of rotatable bonds is 1. The average molecular weight is 168 g/mol. The largest absolute Gasteiger partial charge is 0.494 e. The highest BCUT2D eigenvalue weighted by Crippen LogP contribution is 2.21. The van der Waals surface area contributed by atoms with Crippen molar-refractivity contribution in [2.75, 3.05) is 6.61 Å². The van der Waals surface area contributed by atoms with Gasteiger partial charge in [-0.3, -0.25) is 4.79 Å². The van der Waals surface area contributed by atoms with Gasteiger partial charge in [0.15, 0.2) is 0 Å². The summed E-state index contributed by atoms with van der Waals surface area (Å²) in [5.74, 6) is 0.351. The molecule has 0 N–H and O–H groups in total. The Labute approximate surface area is 71.7 Å². The second kappa shape index (κ2) is 3.43. The highest BCUT2D eigenvalue weighted by atomic mass is 16.6. The Morgan fingerprint density at radius 3 is 2.92 bits per heavy atom. The second-order valence-corrected chi connectivity index (χ2v) is 2.79. The monoisotopic (exact) mass is 168 g/mol. The highest BCUT2D eigenvalue weighted by molar-refractivity contribution is 5.66. The Balaban J connectivity index is 2.55. The molecule has 1 rings (SSSR count). The minimum absolute atomic E-state index is 0.247. The number of esters is 1. The van der Waals surface area contributed by atoms with Gasteiger partial charge in [0.05, 0.1) is 5.76 Å². The zero-order valence-corrected chi connectivity index (χ0v) is 7.13. The van der Waals surface area contributed by atoms with E-state index in [2.05, 4.69) is 13.2 Å². The third kappa shape index (κ3) is 2.12. The van der Waals surface area contributed by atoms with Gasteiger partial charge in [0.2, 0.25) is 0 Å². The van der Waals surface area contributed by atoms with Crippen molar-refractivity contribution in [3.8, 4) is 0 Å². The van der Waals surface area contributed by atoms with Gasteiger partial charge in [0.1, 0.15) is 12.7 Å². The Morgan fingerprint density at radius 1 is 1.67 bits per heavy atom. The molecule has 3 nitrogen and oxygen atoms in total. The fourth-order valence-electron chi connectivity index (χ4n) is 1.02. The summed E-state index contributed by atoms with van der Waals surface area (Å²) in [6, 6.07) is 0. The molecule has 12 heavy (non-hydrogen) atoms. The normalized spacial score (nSPS) is 23.2. The fourth-order valence-corrected chi connectivity index (χ4v) is 1.02. The molecule has 0 spiro atoms. The first-order valence-corrected chi connectivity index (χ1v) is 3.75. The molecular formula is C9H12O3. The Bertz CT molecular complexity index is 228. The Morgan fingerprint density at radius 2 is 2.33 bits per heavy atom. The molecular weight excluding hydrogens is 156 g/mol. The van der Waals surface area contributed by atoms with Crippen molar-refractivity contribution in [1.82, 2.24) is 0 Å². The maximum absolute atomic E-state index is 10.6. The Hall–Kier alpha value is -1.25. The number of ether oxygens (including phenoxy) is 2. The molecule has 1 heterocycles. The van der Waals surface area contributed by atoms with Gasteiger partial charge in [-0.15, -0.1) is 0 Å². The van der Waals surface area contributed by atoms with Crippen molar-refractivity contribution in [3.63, 3.8) is 0 Å². The summed E-state index contributed by atoms with van der Waals surface area (Å²) >= 11 is 0. The van der Waals surface area contributed by atoms with Crippen LogP contribution >= 0.6 is 0 Å². The zero-order valence-electron chi connectivity index (χ0n) is 7.13. The van der Waals surface area contributed by atoms with Crippen LogP contribution in [0.4, 0.5) is 0 Å². The fraction of sp³-hybridized carbons (Fsp3) is 0.444. The van der Waals surface area contributed by atoms with Gasteiger partial charge in [-0.05, 0) is 0 Å². The molecule has 1 unspecified atom stereocenters. The first-order chi connectivity index (χ1) is 5.59. The Kier molecular flexibility index (Phi) is 2.53. The van der Waals surface area contributed by atoms with E-state index in [-0.39, 0.29) is 12.1 Å². The van der Waals surface area contributed by atoms with Crippen molar-refractivity contribution in [3.05, 3.63) is 24.5 Å². The van der Waals surface area contributed by atoms with Crippen molar-refractivity contribution < 1.29 is 14.3 Å². The molecule has 0 aromatic carbocycles. The van der Waals surface area contributed by atoms with Crippen LogP contribution in [0.3, 0.4) is 0 Å². The van der Waals surface area contributed by atoms with E-state index in [9.17, 15) is 4.79 Å². The van der Waals surface area contributed by atoms with Gasteiger partial charge in [-0.25, -0.2) is 0 Å². The molecule has 3 heteroatoms. The van der Waals surface area contributed by atoms with Crippen LogP contribution in [-0.4, -0.2) is 18.7 Å². The van der Waals surface area contributed by atoms with E-state index in [4.69, 9.17) is 9.47 Å². The van der Waals surface area contributed by atoms with E-state index in [1.165, 1.54) is 6.92 Å². The van der Waals surface area contributed by atoms with Crippen molar-refractivity contribution in [1.29, 1.82) is 0 Å². The van der Waals surface area contributed by atoms with Crippen molar-refractivity contribution >= 4 is 5.97 Å². The van der Waals surface area contributed by atoms with Crippen molar-refractivity contribution in [2.24, 2.45) is 0 Å². The van der Waals surface area contributed by atoms with E-state index in [1.807, 2.05) is 0 Å². The minimum atomic E-state index is -0.296. The second-order valence-electron chi connectivity index (χ2n) is 2.79. The van der Waals surface area contributed by atoms with Crippen LogP contribution < -0.4 is 0 Å². The molecule has 1 aliphatic heterocycles. The number of carbonyl (C=O) groups is 1. The summed E-state index contributed by atoms with van der Waals surface area (Å²) < 4.78 is 10.1. The lowest BCUT2D eigenvalue weighted by molar-refractivity contribution is -0.145. The third-order valence-corrected chi connectivity index (χ3v) is 1.64. The standard InChI is InChI=1S/C9H12O3/c1-6-5-11-7(2)4-9(6)12-8(3)10/h9H,1-2,4-5H2,3H3. The van der Waals surface area contributed by atoms with Crippen LogP contribution in [0.15, 0.2) is 24.5 Å². The predicted molar refractivity (Wildman–Crippen MR) is 44.4 cm³/mol. The maximum Gasteiger partial charge on any atom is 0.303 e. The molecule has 1 saturated heterocycles. The topological polar surface area (TPSA) is 35.5 Å². The zero-order chi connectivity index (χ0) is 9.14. The van der Waals surface area contributed by atoms with Gasteiger partial charge in [0, 0.05) is 18.9 Å². The molecule has 0 saturated carbocycles. The lowest BCUT2D eigenvalue weighted by atomic mass is 10.1. The third-order valence-electron chi connectivity index (χ3n) is 1.64. The van der Waals surface area contributed by atoms with Crippen LogP contribution in [0.2, 0.25) is 0 Å². The molecule has 0 bridgehead atoms. The molecule has 1 aliphatic rings. The highest BCUT2D eigenvalue weighted by Gasteiger charge is 2.22. The van der Waals surface area contributed by atoms with Crippen molar-refractivity contribution in [2.45, 2.75) is 19.4 Å². The van der Waals surface area contributed by atoms with E-state index >= 15 is 0 Å². The van der Waals surface area contributed by atoms with Crippen LogP contribution in [0, 0.1) is 0 Å². The summed E-state index contributed by atoms with van der Waals surface area (Å²) in [6.07, 6.45) is 0.280. The molecule has 1 fully saturated rings. The van der Waals surface area contributed by atoms with Gasteiger partial charge in [-0.2, -0.15) is 0 Å². The van der Waals surface area contributed by atoms with Gasteiger partial charge >= 0.3 is 5.97 Å². The number of hydrogen-bond acceptors (Lipinski definition) is 3. The van der Waals surface area contributed by atoms with E-state index < -0.39 is 0 Å².